The summed E-state index contributed by atoms with van der Waals surface area (Å²) in [7, 11) is 1.40. The fraction of sp³-hybridized carbons (Fsp3) is 0.320. The number of ether oxygens (including phenoxy) is 1. The lowest BCUT2D eigenvalue weighted by molar-refractivity contribution is -0.148. The Hall–Kier alpha value is -3.45. The van der Waals surface area contributed by atoms with Crippen LogP contribution in [0.5, 0.6) is 0 Å². The van der Waals surface area contributed by atoms with Crippen molar-refractivity contribution in [3.63, 3.8) is 0 Å². The summed E-state index contributed by atoms with van der Waals surface area (Å²) in [5.41, 5.74) is 3.88. The monoisotopic (exact) mass is 431 g/mol. The molecule has 1 saturated heterocycles. The quantitative estimate of drug-likeness (QED) is 0.633. The van der Waals surface area contributed by atoms with E-state index >= 15 is 0 Å². The molecule has 0 saturated carbocycles. The molecule has 2 aromatic carbocycles. The van der Waals surface area contributed by atoms with E-state index in [0.29, 0.717) is 13.0 Å². The third kappa shape index (κ3) is 2.81. The maximum atomic E-state index is 13.8. The number of nitrogens with zero attached hydrogens (tertiary/aromatic N) is 2. The van der Waals surface area contributed by atoms with Crippen LogP contribution in [0.15, 0.2) is 53.1 Å². The molecule has 1 aromatic heterocycles. The highest BCUT2D eigenvalue weighted by atomic mass is 16.5. The van der Waals surface area contributed by atoms with Crippen LogP contribution in [0.2, 0.25) is 0 Å². The van der Waals surface area contributed by atoms with Gasteiger partial charge in [-0.05, 0) is 49.9 Å². The van der Waals surface area contributed by atoms with Gasteiger partial charge in [-0.25, -0.2) is 0 Å². The molecule has 7 nitrogen and oxygen atoms in total. The van der Waals surface area contributed by atoms with Crippen LogP contribution in [0, 0.1) is 13.8 Å². The molecule has 5 rings (SSSR count). The number of amides is 1. The van der Waals surface area contributed by atoms with Crippen molar-refractivity contribution in [3.8, 4) is 11.1 Å². The average molecular weight is 431 g/mol. The van der Waals surface area contributed by atoms with Crippen LogP contribution in [-0.2, 0) is 19.9 Å². The molecule has 1 amide bonds. The summed E-state index contributed by atoms with van der Waals surface area (Å²) in [6.07, 6.45) is 1.45. The summed E-state index contributed by atoms with van der Waals surface area (Å²) in [5, 5.41) is 7.16. The zero-order chi connectivity index (χ0) is 22.5. The van der Waals surface area contributed by atoms with E-state index in [2.05, 4.69) is 10.5 Å². The molecule has 1 N–H and O–H groups in total. The number of rotatable bonds is 4. The maximum Gasteiger partial charge on any atom is 0.323 e. The smallest absolute Gasteiger partial charge is 0.323 e. The standard InChI is InChI=1S/C25H25N3O4/c1-15-22(16(2)32-27-15)17-11-12-20-19(14-17)25(24(30)26-20,18-8-5-4-6-9-18)28-13-7-10-21(28)23(29)31-3/h4-6,8-9,11-12,14,21H,7,10,13H2,1-3H3,(H,26,30)/t21-,25?/m1/s1. The van der Waals surface area contributed by atoms with Crippen molar-refractivity contribution in [2.45, 2.75) is 38.3 Å². The van der Waals surface area contributed by atoms with E-state index in [9.17, 15) is 9.59 Å². The Morgan fingerprint density at radius 2 is 2.00 bits per heavy atom. The predicted octanol–water partition coefficient (Wildman–Crippen LogP) is 3.79. The van der Waals surface area contributed by atoms with Crippen LogP contribution >= 0.6 is 0 Å². The molecular weight excluding hydrogens is 406 g/mol. The van der Waals surface area contributed by atoms with Crippen LogP contribution in [0.4, 0.5) is 5.69 Å². The van der Waals surface area contributed by atoms with Crippen LogP contribution in [0.3, 0.4) is 0 Å². The van der Waals surface area contributed by atoms with Crippen molar-refractivity contribution in [2.75, 3.05) is 19.0 Å². The summed E-state index contributed by atoms with van der Waals surface area (Å²) < 4.78 is 10.5. The number of hydrogen-bond donors (Lipinski definition) is 1. The number of anilines is 1. The molecule has 0 radical (unpaired) electrons. The Kier molecular flexibility index (Phi) is 4.86. The summed E-state index contributed by atoms with van der Waals surface area (Å²) in [6.45, 7) is 4.39. The number of carbonyl (C=O) groups excluding carboxylic acids is 2. The van der Waals surface area contributed by atoms with Crippen molar-refractivity contribution in [2.24, 2.45) is 0 Å². The number of benzene rings is 2. The minimum Gasteiger partial charge on any atom is -0.468 e. The topological polar surface area (TPSA) is 84.7 Å². The van der Waals surface area contributed by atoms with Crippen LogP contribution < -0.4 is 5.32 Å². The zero-order valence-electron chi connectivity index (χ0n) is 18.3. The lowest BCUT2D eigenvalue weighted by atomic mass is 9.80. The number of likely N-dealkylation sites (tertiary alicyclic amines) is 1. The fourth-order valence-electron chi connectivity index (χ4n) is 5.30. The highest BCUT2D eigenvalue weighted by molar-refractivity contribution is 6.09. The van der Waals surface area contributed by atoms with E-state index in [-0.39, 0.29) is 11.9 Å². The molecule has 0 aliphatic carbocycles. The van der Waals surface area contributed by atoms with Crippen LogP contribution in [0.25, 0.3) is 11.1 Å². The third-order valence-corrected chi connectivity index (χ3v) is 6.66. The van der Waals surface area contributed by atoms with E-state index in [1.54, 1.807) is 0 Å². The second-order valence-electron chi connectivity index (χ2n) is 8.36. The Labute approximate surface area is 186 Å². The van der Waals surface area contributed by atoms with E-state index in [1.165, 1.54) is 7.11 Å². The van der Waals surface area contributed by atoms with E-state index in [4.69, 9.17) is 9.26 Å². The van der Waals surface area contributed by atoms with E-state index in [1.807, 2.05) is 67.3 Å². The van der Waals surface area contributed by atoms with Gasteiger partial charge in [0.25, 0.3) is 5.91 Å². The summed E-state index contributed by atoms with van der Waals surface area (Å²) in [4.78, 5) is 28.5. The highest BCUT2D eigenvalue weighted by Gasteiger charge is 2.57. The molecular formula is C25H25N3O4. The Morgan fingerprint density at radius 1 is 1.22 bits per heavy atom. The van der Waals surface area contributed by atoms with Gasteiger partial charge in [0.2, 0.25) is 0 Å². The molecule has 3 aromatic rings. The minimum atomic E-state index is -1.14. The largest absolute Gasteiger partial charge is 0.468 e. The van der Waals surface area contributed by atoms with Crippen molar-refractivity contribution in [1.29, 1.82) is 0 Å². The van der Waals surface area contributed by atoms with Gasteiger partial charge in [-0.1, -0.05) is 41.6 Å². The summed E-state index contributed by atoms with van der Waals surface area (Å²) >= 11 is 0. The lowest BCUT2D eigenvalue weighted by Gasteiger charge is -2.40. The zero-order valence-corrected chi connectivity index (χ0v) is 18.3. The highest BCUT2D eigenvalue weighted by Crippen LogP contribution is 2.49. The molecule has 7 heteroatoms. The summed E-state index contributed by atoms with van der Waals surface area (Å²) in [6, 6.07) is 15.1. The van der Waals surface area contributed by atoms with Gasteiger partial charge in [-0.3, -0.25) is 14.5 Å². The first-order chi connectivity index (χ1) is 15.5. The van der Waals surface area contributed by atoms with Crippen molar-refractivity contribution in [1.82, 2.24) is 10.1 Å². The SMILES string of the molecule is COC(=O)[C@H]1CCCN1C1(c2ccccc2)C(=O)Nc2ccc(-c3c(C)noc3C)cc21. The second-order valence-corrected chi connectivity index (χ2v) is 8.36. The predicted molar refractivity (Wildman–Crippen MR) is 119 cm³/mol. The molecule has 3 heterocycles. The first-order valence-electron chi connectivity index (χ1n) is 10.8. The molecule has 2 aliphatic rings. The number of aryl methyl sites for hydroxylation is 2. The van der Waals surface area contributed by atoms with Gasteiger partial charge < -0.3 is 14.6 Å². The Morgan fingerprint density at radius 3 is 2.69 bits per heavy atom. The van der Waals surface area contributed by atoms with Crippen molar-refractivity contribution >= 4 is 17.6 Å². The first-order valence-corrected chi connectivity index (χ1v) is 10.8. The van der Waals surface area contributed by atoms with Gasteiger partial charge in [-0.15, -0.1) is 0 Å². The van der Waals surface area contributed by atoms with Gasteiger partial charge in [0, 0.05) is 23.4 Å². The van der Waals surface area contributed by atoms with Gasteiger partial charge in [0.05, 0.1) is 12.8 Å². The first kappa shape index (κ1) is 20.5. The minimum absolute atomic E-state index is 0.162. The van der Waals surface area contributed by atoms with Gasteiger partial charge >= 0.3 is 5.97 Å². The van der Waals surface area contributed by atoms with E-state index in [0.717, 1.165) is 45.8 Å². The second kappa shape index (κ2) is 7.60. The van der Waals surface area contributed by atoms with Crippen molar-refractivity contribution < 1.29 is 18.8 Å². The number of hydrogen-bond acceptors (Lipinski definition) is 6. The van der Waals surface area contributed by atoms with Crippen LogP contribution in [0.1, 0.15) is 35.4 Å². The Bertz CT molecular complexity index is 1180. The number of aromatic nitrogens is 1. The van der Waals surface area contributed by atoms with Gasteiger partial charge in [-0.2, -0.15) is 0 Å². The normalized spacial score (nSPS) is 22.6. The molecule has 2 atom stereocenters. The molecule has 0 spiro atoms. The number of esters is 1. The Balaban J connectivity index is 1.77. The van der Waals surface area contributed by atoms with Crippen LogP contribution in [-0.4, -0.2) is 41.6 Å². The molecule has 1 fully saturated rings. The number of nitrogens with one attached hydrogen (secondary N) is 1. The van der Waals surface area contributed by atoms with Gasteiger partial charge in [0.15, 0.2) is 5.54 Å². The fourth-order valence-corrected chi connectivity index (χ4v) is 5.30. The number of methoxy groups -OCH3 is 1. The molecule has 2 aliphatic heterocycles. The molecule has 164 valence electrons. The maximum absolute atomic E-state index is 13.8. The molecule has 1 unspecified atom stereocenters. The van der Waals surface area contributed by atoms with E-state index < -0.39 is 11.6 Å². The molecule has 32 heavy (non-hydrogen) atoms. The molecule has 0 bridgehead atoms. The summed E-state index contributed by atoms with van der Waals surface area (Å²) in [5.74, 6) is 0.241. The van der Waals surface area contributed by atoms with Gasteiger partial charge in [0.1, 0.15) is 11.8 Å². The number of fused-ring (bicyclic) bond motifs is 1. The third-order valence-electron chi connectivity index (χ3n) is 6.66. The lowest BCUT2D eigenvalue weighted by Crippen LogP contribution is -2.55. The average Bonchev–Trinajstić information content (AvgIpc) is 3.49. The van der Waals surface area contributed by atoms with Crippen molar-refractivity contribution in [3.05, 3.63) is 71.1 Å². The number of carbonyl (C=O) groups is 2.